The molecule has 2 fully saturated rings. The van der Waals surface area contributed by atoms with Gasteiger partial charge in [0.25, 0.3) is 0 Å². The Hall–Kier alpha value is -0.770. The summed E-state index contributed by atoms with van der Waals surface area (Å²) in [5.74, 6) is 0.661. The van der Waals surface area contributed by atoms with Crippen LogP contribution in [0.25, 0.3) is 0 Å². The molecule has 0 aromatic carbocycles. The van der Waals surface area contributed by atoms with Crippen LogP contribution in [0.3, 0.4) is 0 Å². The van der Waals surface area contributed by atoms with Crippen molar-refractivity contribution in [3.63, 3.8) is 0 Å². The molecule has 2 atom stereocenters. The van der Waals surface area contributed by atoms with E-state index >= 15 is 0 Å². The van der Waals surface area contributed by atoms with Crippen LogP contribution in [-0.2, 0) is 0 Å². The van der Waals surface area contributed by atoms with Crippen LogP contribution >= 0.6 is 0 Å². The summed E-state index contributed by atoms with van der Waals surface area (Å²) in [4.78, 5) is 15.4. The van der Waals surface area contributed by atoms with Gasteiger partial charge < -0.3 is 15.1 Å². The van der Waals surface area contributed by atoms with Gasteiger partial charge in [0, 0.05) is 20.1 Å². The topological polar surface area (TPSA) is 35.6 Å². The van der Waals surface area contributed by atoms with Gasteiger partial charge in [0.2, 0.25) is 0 Å². The maximum atomic E-state index is 11.2. The molecule has 13 heavy (non-hydrogen) atoms. The average Bonchev–Trinajstić information content (AvgIpc) is 2.62. The van der Waals surface area contributed by atoms with Gasteiger partial charge in [-0.3, -0.25) is 0 Å². The van der Waals surface area contributed by atoms with E-state index in [2.05, 4.69) is 17.3 Å². The number of hydrogen-bond donors (Lipinski definition) is 1. The zero-order chi connectivity index (χ0) is 9.42. The SMILES string of the molecule is CN1CCC(C2CNC(=O)N2C)C1. The molecule has 2 amide bonds. The molecule has 0 saturated carbocycles. The van der Waals surface area contributed by atoms with Gasteiger partial charge in [-0.1, -0.05) is 0 Å². The maximum Gasteiger partial charge on any atom is 0.317 e. The third-order valence-electron chi connectivity index (χ3n) is 3.25. The summed E-state index contributed by atoms with van der Waals surface area (Å²) >= 11 is 0. The number of urea groups is 1. The molecule has 0 aromatic rings. The zero-order valence-corrected chi connectivity index (χ0v) is 8.29. The lowest BCUT2D eigenvalue weighted by Crippen LogP contribution is -2.37. The van der Waals surface area contributed by atoms with E-state index in [-0.39, 0.29) is 6.03 Å². The first-order chi connectivity index (χ1) is 6.18. The fourth-order valence-corrected chi connectivity index (χ4v) is 2.37. The predicted octanol–water partition coefficient (Wildman–Crippen LogP) is -0.0383. The van der Waals surface area contributed by atoms with E-state index in [1.54, 1.807) is 0 Å². The fraction of sp³-hybridized carbons (Fsp3) is 0.889. The van der Waals surface area contributed by atoms with Crippen molar-refractivity contribution < 1.29 is 4.79 Å². The summed E-state index contributed by atoms with van der Waals surface area (Å²) in [5, 5.41) is 2.88. The minimum absolute atomic E-state index is 0.0829. The number of likely N-dealkylation sites (N-methyl/N-ethyl adjacent to an activating group) is 1. The Morgan fingerprint density at radius 2 is 2.23 bits per heavy atom. The number of amides is 2. The molecule has 2 saturated heterocycles. The van der Waals surface area contributed by atoms with Crippen LogP contribution in [0.5, 0.6) is 0 Å². The molecule has 2 aliphatic rings. The van der Waals surface area contributed by atoms with E-state index in [0.29, 0.717) is 12.0 Å². The van der Waals surface area contributed by atoms with Crippen LogP contribution < -0.4 is 5.32 Å². The summed E-state index contributed by atoms with van der Waals surface area (Å²) in [6.07, 6.45) is 1.22. The number of carbonyl (C=O) groups excluding carboxylic acids is 1. The second-order valence-electron chi connectivity index (χ2n) is 4.18. The van der Waals surface area contributed by atoms with E-state index in [1.165, 1.54) is 13.0 Å². The summed E-state index contributed by atoms with van der Waals surface area (Å²) in [7, 11) is 4.04. The Labute approximate surface area is 78.9 Å². The average molecular weight is 183 g/mol. The van der Waals surface area contributed by atoms with Crippen molar-refractivity contribution in [1.82, 2.24) is 15.1 Å². The molecule has 1 N–H and O–H groups in total. The molecule has 0 aromatic heterocycles. The van der Waals surface area contributed by atoms with Gasteiger partial charge in [-0.15, -0.1) is 0 Å². The largest absolute Gasteiger partial charge is 0.336 e. The van der Waals surface area contributed by atoms with E-state index in [4.69, 9.17) is 0 Å². The van der Waals surface area contributed by atoms with Crippen molar-refractivity contribution in [2.75, 3.05) is 33.7 Å². The highest BCUT2D eigenvalue weighted by Gasteiger charge is 2.36. The van der Waals surface area contributed by atoms with Crippen molar-refractivity contribution in [2.24, 2.45) is 5.92 Å². The van der Waals surface area contributed by atoms with E-state index in [9.17, 15) is 4.79 Å². The fourth-order valence-electron chi connectivity index (χ4n) is 2.37. The number of carbonyl (C=O) groups is 1. The first-order valence-electron chi connectivity index (χ1n) is 4.87. The standard InChI is InChI=1S/C9H17N3O/c1-11-4-3-7(6-11)8-5-10-9(13)12(8)2/h7-8H,3-6H2,1-2H3,(H,10,13). The van der Waals surface area contributed by atoms with Crippen molar-refractivity contribution in [3.05, 3.63) is 0 Å². The molecule has 2 unspecified atom stereocenters. The second-order valence-corrected chi connectivity index (χ2v) is 4.18. The predicted molar refractivity (Wildman–Crippen MR) is 50.6 cm³/mol. The molecule has 0 spiro atoms. The Bertz CT molecular complexity index is 219. The van der Waals surface area contributed by atoms with E-state index in [1.807, 2.05) is 11.9 Å². The highest BCUT2D eigenvalue weighted by Crippen LogP contribution is 2.23. The summed E-state index contributed by atoms with van der Waals surface area (Å²) in [6.45, 7) is 3.13. The minimum atomic E-state index is 0.0829. The molecule has 0 radical (unpaired) electrons. The van der Waals surface area contributed by atoms with Crippen LogP contribution in [-0.4, -0.2) is 55.6 Å². The van der Waals surface area contributed by atoms with Gasteiger partial charge in [-0.05, 0) is 25.9 Å². The van der Waals surface area contributed by atoms with Gasteiger partial charge in [0.15, 0.2) is 0 Å². The van der Waals surface area contributed by atoms with Crippen molar-refractivity contribution in [1.29, 1.82) is 0 Å². The second kappa shape index (κ2) is 3.18. The smallest absolute Gasteiger partial charge is 0.317 e. The monoisotopic (exact) mass is 183 g/mol. The minimum Gasteiger partial charge on any atom is -0.336 e. The molecular weight excluding hydrogens is 166 g/mol. The normalized spacial score (nSPS) is 35.5. The highest BCUT2D eigenvalue weighted by molar-refractivity contribution is 5.76. The lowest BCUT2D eigenvalue weighted by atomic mass is 9.99. The lowest BCUT2D eigenvalue weighted by molar-refractivity contribution is 0.201. The zero-order valence-electron chi connectivity index (χ0n) is 8.29. The molecule has 0 bridgehead atoms. The Kier molecular flexibility index (Phi) is 2.15. The maximum absolute atomic E-state index is 11.2. The van der Waals surface area contributed by atoms with E-state index < -0.39 is 0 Å². The van der Waals surface area contributed by atoms with Crippen molar-refractivity contribution in [3.8, 4) is 0 Å². The molecule has 0 aliphatic carbocycles. The quantitative estimate of drug-likeness (QED) is 0.619. The number of rotatable bonds is 1. The van der Waals surface area contributed by atoms with Gasteiger partial charge in [0.1, 0.15) is 0 Å². The van der Waals surface area contributed by atoms with Gasteiger partial charge in [-0.25, -0.2) is 4.79 Å². The van der Waals surface area contributed by atoms with Crippen LogP contribution in [0.1, 0.15) is 6.42 Å². The number of nitrogens with zero attached hydrogens (tertiary/aromatic N) is 2. The summed E-state index contributed by atoms with van der Waals surface area (Å²) < 4.78 is 0. The highest BCUT2D eigenvalue weighted by atomic mass is 16.2. The lowest BCUT2D eigenvalue weighted by Gasteiger charge is -2.23. The molecule has 4 heteroatoms. The van der Waals surface area contributed by atoms with Crippen LogP contribution in [0.4, 0.5) is 4.79 Å². The van der Waals surface area contributed by atoms with Crippen LogP contribution in [0.2, 0.25) is 0 Å². The first kappa shape index (κ1) is 8.81. The van der Waals surface area contributed by atoms with Crippen LogP contribution in [0.15, 0.2) is 0 Å². The molecular formula is C9H17N3O. The summed E-state index contributed by atoms with van der Waals surface area (Å²) in [5.41, 5.74) is 0. The van der Waals surface area contributed by atoms with Gasteiger partial charge in [0.05, 0.1) is 6.04 Å². The third kappa shape index (κ3) is 1.50. The van der Waals surface area contributed by atoms with E-state index in [0.717, 1.165) is 13.1 Å². The van der Waals surface area contributed by atoms with Crippen LogP contribution in [0, 0.1) is 5.92 Å². The molecule has 4 nitrogen and oxygen atoms in total. The molecule has 2 aliphatic heterocycles. The molecule has 74 valence electrons. The van der Waals surface area contributed by atoms with Crippen molar-refractivity contribution >= 4 is 6.03 Å². The van der Waals surface area contributed by atoms with Gasteiger partial charge >= 0.3 is 6.03 Å². The Morgan fingerprint density at radius 3 is 2.69 bits per heavy atom. The third-order valence-corrected chi connectivity index (χ3v) is 3.25. The molecule has 2 rings (SSSR count). The Morgan fingerprint density at radius 1 is 1.46 bits per heavy atom. The number of nitrogens with one attached hydrogen (secondary N) is 1. The number of likely N-dealkylation sites (tertiary alicyclic amines) is 1. The Balaban J connectivity index is 1.98. The van der Waals surface area contributed by atoms with Crippen molar-refractivity contribution in [2.45, 2.75) is 12.5 Å². The number of hydrogen-bond acceptors (Lipinski definition) is 2. The molecule has 2 heterocycles. The first-order valence-corrected chi connectivity index (χ1v) is 4.87. The summed E-state index contributed by atoms with van der Waals surface area (Å²) in [6, 6.07) is 0.497. The van der Waals surface area contributed by atoms with Gasteiger partial charge in [-0.2, -0.15) is 0 Å².